The van der Waals surface area contributed by atoms with E-state index in [0.717, 1.165) is 0 Å². The molecule has 0 saturated carbocycles. The summed E-state index contributed by atoms with van der Waals surface area (Å²) in [5, 5.41) is 14.2. The predicted molar refractivity (Wildman–Crippen MR) is 96.0 cm³/mol. The number of carboxylic acids is 1. The van der Waals surface area contributed by atoms with Crippen LogP contribution in [0.25, 0.3) is 0 Å². The van der Waals surface area contributed by atoms with Crippen LogP contribution in [0.5, 0.6) is 0 Å². The molecule has 0 aliphatic heterocycles. The number of rotatable bonds is 4. The average molecular weight is 366 g/mol. The summed E-state index contributed by atoms with van der Waals surface area (Å²) in [7, 11) is 0. The van der Waals surface area contributed by atoms with Crippen LogP contribution in [0.15, 0.2) is 24.3 Å². The molecule has 0 saturated heterocycles. The van der Waals surface area contributed by atoms with Gasteiger partial charge in [0.25, 0.3) is 0 Å². The fourth-order valence-corrected chi connectivity index (χ4v) is 1.89. The molecule has 1 aromatic carbocycles. The van der Waals surface area contributed by atoms with Gasteiger partial charge in [-0.25, -0.2) is 14.4 Å². The molecular formula is C18H26N2O6. The molecule has 0 heterocycles. The lowest BCUT2D eigenvalue weighted by molar-refractivity contribution is -0.139. The van der Waals surface area contributed by atoms with Crippen LogP contribution >= 0.6 is 0 Å². The molecule has 0 bridgehead atoms. The van der Waals surface area contributed by atoms with Crippen LogP contribution < -0.4 is 10.6 Å². The summed E-state index contributed by atoms with van der Waals surface area (Å²) in [6.07, 6.45) is -1.45. The van der Waals surface area contributed by atoms with E-state index in [9.17, 15) is 19.5 Å². The number of anilines is 1. The van der Waals surface area contributed by atoms with Crippen molar-refractivity contribution in [3.05, 3.63) is 29.8 Å². The van der Waals surface area contributed by atoms with E-state index in [1.807, 2.05) is 0 Å². The number of aliphatic carboxylic acids is 1. The van der Waals surface area contributed by atoms with Gasteiger partial charge in [0.15, 0.2) is 6.04 Å². The minimum Gasteiger partial charge on any atom is -0.479 e. The van der Waals surface area contributed by atoms with Crippen LogP contribution in [0.1, 0.15) is 53.1 Å². The van der Waals surface area contributed by atoms with E-state index in [2.05, 4.69) is 10.6 Å². The summed E-state index contributed by atoms with van der Waals surface area (Å²) in [4.78, 5) is 35.0. The predicted octanol–water partition coefficient (Wildman–Crippen LogP) is 3.68. The number of nitrogens with one attached hydrogen (secondary N) is 2. The van der Waals surface area contributed by atoms with Crippen LogP contribution in [-0.2, 0) is 14.3 Å². The molecule has 8 heteroatoms. The molecule has 0 fully saturated rings. The molecule has 0 aliphatic carbocycles. The Hall–Kier alpha value is -2.77. The SMILES string of the molecule is CC(C)(C)OC(=O)Nc1ccc(C(NC(=O)OC(C)(C)C)C(=O)O)cc1. The monoisotopic (exact) mass is 366 g/mol. The molecule has 0 aliphatic rings. The van der Waals surface area contributed by atoms with Gasteiger partial charge in [-0.15, -0.1) is 0 Å². The van der Waals surface area contributed by atoms with Crippen LogP contribution in [0, 0.1) is 0 Å². The van der Waals surface area contributed by atoms with Gasteiger partial charge < -0.3 is 19.9 Å². The zero-order chi connectivity index (χ0) is 20.1. The van der Waals surface area contributed by atoms with E-state index in [4.69, 9.17) is 9.47 Å². The minimum atomic E-state index is -1.28. The molecule has 1 aromatic rings. The molecule has 3 N–H and O–H groups in total. The van der Waals surface area contributed by atoms with Crippen molar-refractivity contribution in [1.82, 2.24) is 5.32 Å². The standard InChI is InChI=1S/C18H26N2O6/c1-17(2,3)25-15(23)19-12-9-7-11(8-10-12)13(14(21)22)20-16(24)26-18(4,5)6/h7-10,13H,1-6H3,(H,19,23)(H,20,24)(H,21,22). The highest BCUT2D eigenvalue weighted by molar-refractivity contribution is 5.85. The number of carboxylic acid groups (broad SMARTS) is 1. The smallest absolute Gasteiger partial charge is 0.412 e. The number of benzene rings is 1. The van der Waals surface area contributed by atoms with Crippen molar-refractivity contribution in [2.45, 2.75) is 58.8 Å². The molecule has 26 heavy (non-hydrogen) atoms. The third-order valence-corrected chi connectivity index (χ3v) is 2.80. The maximum Gasteiger partial charge on any atom is 0.412 e. The summed E-state index contributed by atoms with van der Waals surface area (Å²) >= 11 is 0. The summed E-state index contributed by atoms with van der Waals surface area (Å²) in [5.74, 6) is -1.23. The first kappa shape index (κ1) is 21.3. The fraction of sp³-hybridized carbons (Fsp3) is 0.500. The van der Waals surface area contributed by atoms with Crippen molar-refractivity contribution in [3.8, 4) is 0 Å². The van der Waals surface area contributed by atoms with E-state index in [1.54, 1.807) is 41.5 Å². The van der Waals surface area contributed by atoms with Crippen LogP contribution in [0.2, 0.25) is 0 Å². The highest BCUT2D eigenvalue weighted by atomic mass is 16.6. The second kappa shape index (κ2) is 8.07. The highest BCUT2D eigenvalue weighted by Gasteiger charge is 2.25. The van der Waals surface area contributed by atoms with Gasteiger partial charge in [0.05, 0.1) is 0 Å². The Morgan fingerprint density at radius 2 is 1.35 bits per heavy atom. The lowest BCUT2D eigenvalue weighted by atomic mass is 10.1. The summed E-state index contributed by atoms with van der Waals surface area (Å²) in [6.45, 7) is 10.3. The Morgan fingerprint density at radius 3 is 1.77 bits per heavy atom. The molecule has 1 atom stereocenters. The summed E-state index contributed by atoms with van der Waals surface area (Å²) in [6, 6.07) is 4.74. The van der Waals surface area contributed by atoms with Gasteiger partial charge >= 0.3 is 18.2 Å². The molecule has 2 amide bonds. The number of hydrogen-bond acceptors (Lipinski definition) is 5. The number of carbonyl (C=O) groups excluding carboxylic acids is 2. The number of hydrogen-bond donors (Lipinski definition) is 3. The third kappa shape index (κ3) is 7.87. The zero-order valence-electron chi connectivity index (χ0n) is 15.9. The quantitative estimate of drug-likeness (QED) is 0.749. The first-order chi connectivity index (χ1) is 11.8. The van der Waals surface area contributed by atoms with Crippen LogP contribution in [-0.4, -0.2) is 34.5 Å². The topological polar surface area (TPSA) is 114 Å². The van der Waals surface area contributed by atoms with E-state index in [0.29, 0.717) is 11.3 Å². The van der Waals surface area contributed by atoms with Gasteiger partial charge in [0.1, 0.15) is 11.2 Å². The van der Waals surface area contributed by atoms with Crippen molar-refractivity contribution < 1.29 is 29.0 Å². The summed E-state index contributed by atoms with van der Waals surface area (Å²) < 4.78 is 10.2. The molecule has 0 spiro atoms. The van der Waals surface area contributed by atoms with Crippen molar-refractivity contribution in [3.63, 3.8) is 0 Å². The second-order valence-corrected chi connectivity index (χ2v) is 7.67. The van der Waals surface area contributed by atoms with E-state index in [1.165, 1.54) is 24.3 Å². The Morgan fingerprint density at radius 1 is 0.885 bits per heavy atom. The third-order valence-electron chi connectivity index (χ3n) is 2.80. The van der Waals surface area contributed by atoms with Gasteiger partial charge in [-0.05, 0) is 59.2 Å². The van der Waals surface area contributed by atoms with Crippen LogP contribution in [0.4, 0.5) is 15.3 Å². The second-order valence-electron chi connectivity index (χ2n) is 7.67. The molecule has 1 unspecified atom stereocenters. The fourth-order valence-electron chi connectivity index (χ4n) is 1.89. The molecular weight excluding hydrogens is 340 g/mol. The van der Waals surface area contributed by atoms with Crippen molar-refractivity contribution >= 4 is 23.8 Å². The molecule has 144 valence electrons. The number of alkyl carbamates (subject to hydrolysis) is 1. The molecule has 0 radical (unpaired) electrons. The van der Waals surface area contributed by atoms with Gasteiger partial charge in [0, 0.05) is 5.69 Å². The lowest BCUT2D eigenvalue weighted by Gasteiger charge is -2.22. The molecule has 1 rings (SSSR count). The largest absolute Gasteiger partial charge is 0.479 e. The first-order valence-corrected chi connectivity index (χ1v) is 8.09. The normalized spacial score (nSPS) is 12.7. The van der Waals surface area contributed by atoms with Crippen molar-refractivity contribution in [2.24, 2.45) is 0 Å². The van der Waals surface area contributed by atoms with E-state index >= 15 is 0 Å². The van der Waals surface area contributed by atoms with Gasteiger partial charge in [0.2, 0.25) is 0 Å². The highest BCUT2D eigenvalue weighted by Crippen LogP contribution is 2.19. The van der Waals surface area contributed by atoms with Crippen LogP contribution in [0.3, 0.4) is 0 Å². The maximum absolute atomic E-state index is 11.8. The van der Waals surface area contributed by atoms with Gasteiger partial charge in [-0.1, -0.05) is 12.1 Å². The molecule has 0 aromatic heterocycles. The zero-order valence-corrected chi connectivity index (χ0v) is 15.9. The Labute approximate surface area is 152 Å². The number of carbonyl (C=O) groups is 3. The van der Waals surface area contributed by atoms with E-state index < -0.39 is 35.4 Å². The summed E-state index contributed by atoms with van der Waals surface area (Å²) in [5.41, 5.74) is -0.605. The van der Waals surface area contributed by atoms with Crippen molar-refractivity contribution in [1.29, 1.82) is 0 Å². The molecule has 8 nitrogen and oxygen atoms in total. The Bertz CT molecular complexity index is 656. The van der Waals surface area contributed by atoms with E-state index in [-0.39, 0.29) is 0 Å². The average Bonchev–Trinajstić information content (AvgIpc) is 2.41. The van der Waals surface area contributed by atoms with Crippen molar-refractivity contribution in [2.75, 3.05) is 5.32 Å². The maximum atomic E-state index is 11.8. The number of ether oxygens (including phenoxy) is 2. The lowest BCUT2D eigenvalue weighted by Crippen LogP contribution is -2.38. The van der Waals surface area contributed by atoms with Gasteiger partial charge in [-0.2, -0.15) is 0 Å². The van der Waals surface area contributed by atoms with Gasteiger partial charge in [-0.3, -0.25) is 5.32 Å². The first-order valence-electron chi connectivity index (χ1n) is 8.09. The number of amides is 2. The Balaban J connectivity index is 2.81. The minimum absolute atomic E-state index is 0.332. The Kier molecular flexibility index (Phi) is 6.60.